The molecule has 4 nitrogen and oxygen atoms in total. The van der Waals surface area contributed by atoms with Gasteiger partial charge in [0.2, 0.25) is 0 Å². The molecule has 1 heterocycles. The minimum atomic E-state index is -0.169. The van der Waals surface area contributed by atoms with Crippen molar-refractivity contribution in [1.29, 1.82) is 0 Å². The first-order valence-electron chi connectivity index (χ1n) is 4.29. The van der Waals surface area contributed by atoms with E-state index < -0.39 is 0 Å². The maximum Gasteiger partial charge on any atom is 0.307 e. The molecule has 1 saturated heterocycles. The number of methoxy groups -OCH3 is 1. The highest BCUT2D eigenvalue weighted by Crippen LogP contribution is 2.13. The molecule has 0 aromatic rings. The number of hydrogen-bond acceptors (Lipinski definition) is 4. The summed E-state index contributed by atoms with van der Waals surface area (Å²) in [6, 6.07) is 0.186. The van der Waals surface area contributed by atoms with Gasteiger partial charge in [-0.2, -0.15) is 0 Å². The predicted molar refractivity (Wildman–Crippen MR) is 45.7 cm³/mol. The molecule has 1 atom stereocenters. The SMILES string of the molecule is COC(=O)CC(CN)N1CCC1. The van der Waals surface area contributed by atoms with Crippen LogP contribution in [0.1, 0.15) is 12.8 Å². The van der Waals surface area contributed by atoms with Crippen LogP contribution in [0.5, 0.6) is 0 Å². The summed E-state index contributed by atoms with van der Waals surface area (Å²) in [5.41, 5.74) is 5.54. The number of hydrogen-bond donors (Lipinski definition) is 1. The monoisotopic (exact) mass is 172 g/mol. The van der Waals surface area contributed by atoms with Crippen LogP contribution in [0.4, 0.5) is 0 Å². The highest BCUT2D eigenvalue weighted by atomic mass is 16.5. The van der Waals surface area contributed by atoms with Crippen LogP contribution in [0.25, 0.3) is 0 Å². The Morgan fingerprint density at radius 3 is 2.67 bits per heavy atom. The fourth-order valence-electron chi connectivity index (χ4n) is 1.34. The molecule has 0 aromatic carbocycles. The number of esters is 1. The number of carbonyl (C=O) groups is 1. The minimum absolute atomic E-state index is 0.169. The highest BCUT2D eigenvalue weighted by molar-refractivity contribution is 5.69. The summed E-state index contributed by atoms with van der Waals surface area (Å²) in [6.07, 6.45) is 1.64. The van der Waals surface area contributed by atoms with E-state index in [1.54, 1.807) is 0 Å². The third-order valence-corrected chi connectivity index (χ3v) is 2.31. The second-order valence-corrected chi connectivity index (χ2v) is 3.06. The molecule has 1 aliphatic heterocycles. The lowest BCUT2D eigenvalue weighted by Crippen LogP contribution is -2.49. The Morgan fingerprint density at radius 2 is 2.33 bits per heavy atom. The first kappa shape index (κ1) is 9.48. The van der Waals surface area contributed by atoms with Crippen molar-refractivity contribution >= 4 is 5.97 Å². The van der Waals surface area contributed by atoms with Crippen molar-refractivity contribution in [2.24, 2.45) is 5.73 Å². The molecule has 2 N–H and O–H groups in total. The van der Waals surface area contributed by atoms with E-state index in [-0.39, 0.29) is 12.0 Å². The van der Waals surface area contributed by atoms with E-state index in [4.69, 9.17) is 5.73 Å². The Bertz CT molecular complexity index is 157. The summed E-state index contributed by atoms with van der Waals surface area (Å²) in [5.74, 6) is -0.169. The van der Waals surface area contributed by atoms with Crippen molar-refractivity contribution in [3.05, 3.63) is 0 Å². The van der Waals surface area contributed by atoms with Gasteiger partial charge < -0.3 is 10.5 Å². The molecule has 0 amide bonds. The van der Waals surface area contributed by atoms with Gasteiger partial charge in [-0.25, -0.2) is 0 Å². The summed E-state index contributed by atoms with van der Waals surface area (Å²) in [4.78, 5) is 13.1. The first-order valence-corrected chi connectivity index (χ1v) is 4.29. The quantitative estimate of drug-likeness (QED) is 0.585. The molecule has 70 valence electrons. The molecule has 12 heavy (non-hydrogen) atoms. The fraction of sp³-hybridized carbons (Fsp3) is 0.875. The average Bonchev–Trinajstić information content (AvgIpc) is 1.99. The second kappa shape index (κ2) is 4.42. The van der Waals surface area contributed by atoms with Gasteiger partial charge in [0.05, 0.1) is 13.5 Å². The molecule has 0 bridgehead atoms. The van der Waals surface area contributed by atoms with Crippen LogP contribution >= 0.6 is 0 Å². The number of ether oxygens (including phenoxy) is 1. The number of likely N-dealkylation sites (tertiary alicyclic amines) is 1. The second-order valence-electron chi connectivity index (χ2n) is 3.06. The van der Waals surface area contributed by atoms with Gasteiger partial charge in [0.1, 0.15) is 0 Å². The van der Waals surface area contributed by atoms with Crippen LogP contribution in [-0.4, -0.2) is 43.7 Å². The van der Waals surface area contributed by atoms with Crippen LogP contribution in [-0.2, 0) is 9.53 Å². The van der Waals surface area contributed by atoms with Gasteiger partial charge in [-0.3, -0.25) is 9.69 Å². The summed E-state index contributed by atoms with van der Waals surface area (Å²) < 4.78 is 4.58. The van der Waals surface area contributed by atoms with Crippen LogP contribution in [0.15, 0.2) is 0 Å². The van der Waals surface area contributed by atoms with E-state index in [1.807, 2.05) is 0 Å². The lowest BCUT2D eigenvalue weighted by Gasteiger charge is -2.37. The molecule has 4 heteroatoms. The van der Waals surface area contributed by atoms with Crippen molar-refractivity contribution in [3.8, 4) is 0 Å². The predicted octanol–water partition coefficient (Wildman–Crippen LogP) is -0.417. The van der Waals surface area contributed by atoms with Crippen molar-refractivity contribution in [3.63, 3.8) is 0 Å². The molecule has 0 aliphatic carbocycles. The summed E-state index contributed by atoms with van der Waals surface area (Å²) >= 11 is 0. The van der Waals surface area contributed by atoms with Gasteiger partial charge >= 0.3 is 5.97 Å². The molecular weight excluding hydrogens is 156 g/mol. The normalized spacial score (nSPS) is 19.8. The van der Waals surface area contributed by atoms with Crippen LogP contribution in [0.3, 0.4) is 0 Å². The Labute approximate surface area is 72.7 Å². The smallest absolute Gasteiger partial charge is 0.307 e. The molecule has 1 aliphatic rings. The molecule has 0 saturated carbocycles. The van der Waals surface area contributed by atoms with Crippen molar-refractivity contribution in [2.45, 2.75) is 18.9 Å². The third kappa shape index (κ3) is 2.19. The highest BCUT2D eigenvalue weighted by Gasteiger charge is 2.24. The Hall–Kier alpha value is -0.610. The van der Waals surface area contributed by atoms with Gasteiger partial charge in [0.25, 0.3) is 0 Å². The average molecular weight is 172 g/mol. The van der Waals surface area contributed by atoms with Gasteiger partial charge in [0, 0.05) is 12.6 Å². The van der Waals surface area contributed by atoms with Crippen molar-refractivity contribution < 1.29 is 9.53 Å². The molecule has 1 unspecified atom stereocenters. The lowest BCUT2D eigenvalue weighted by atomic mass is 10.1. The first-order chi connectivity index (χ1) is 5.77. The zero-order valence-corrected chi connectivity index (χ0v) is 7.45. The van der Waals surface area contributed by atoms with Gasteiger partial charge in [-0.1, -0.05) is 0 Å². The van der Waals surface area contributed by atoms with E-state index >= 15 is 0 Å². The van der Waals surface area contributed by atoms with E-state index in [2.05, 4.69) is 9.64 Å². The summed E-state index contributed by atoms with van der Waals surface area (Å²) in [5, 5.41) is 0. The van der Waals surface area contributed by atoms with Crippen LogP contribution in [0, 0.1) is 0 Å². The zero-order valence-electron chi connectivity index (χ0n) is 7.45. The standard InChI is InChI=1S/C8H16N2O2/c1-12-8(11)5-7(6-9)10-3-2-4-10/h7H,2-6,9H2,1H3. The van der Waals surface area contributed by atoms with Gasteiger partial charge in [0.15, 0.2) is 0 Å². The Morgan fingerprint density at radius 1 is 1.67 bits per heavy atom. The number of carbonyl (C=O) groups excluding carboxylic acids is 1. The van der Waals surface area contributed by atoms with Crippen molar-refractivity contribution in [1.82, 2.24) is 4.90 Å². The molecule has 1 rings (SSSR count). The number of rotatable bonds is 4. The van der Waals surface area contributed by atoms with E-state index in [9.17, 15) is 4.79 Å². The number of nitrogens with zero attached hydrogens (tertiary/aromatic N) is 1. The Kier molecular flexibility index (Phi) is 3.49. The molecule has 0 spiro atoms. The number of nitrogens with two attached hydrogens (primary N) is 1. The van der Waals surface area contributed by atoms with Crippen LogP contribution < -0.4 is 5.73 Å². The Balaban J connectivity index is 2.29. The molecule has 0 radical (unpaired) electrons. The molecular formula is C8H16N2O2. The summed E-state index contributed by atoms with van der Waals surface area (Å²) in [7, 11) is 1.41. The van der Waals surface area contributed by atoms with E-state index in [0.717, 1.165) is 13.1 Å². The third-order valence-electron chi connectivity index (χ3n) is 2.31. The largest absolute Gasteiger partial charge is 0.469 e. The van der Waals surface area contributed by atoms with E-state index in [0.29, 0.717) is 13.0 Å². The summed E-state index contributed by atoms with van der Waals surface area (Å²) in [6.45, 7) is 2.67. The van der Waals surface area contributed by atoms with Crippen molar-refractivity contribution in [2.75, 3.05) is 26.7 Å². The topological polar surface area (TPSA) is 55.6 Å². The van der Waals surface area contributed by atoms with Gasteiger partial charge in [-0.05, 0) is 19.5 Å². The maximum atomic E-state index is 10.9. The molecule has 1 fully saturated rings. The van der Waals surface area contributed by atoms with E-state index in [1.165, 1.54) is 13.5 Å². The molecule has 0 aromatic heterocycles. The fourth-order valence-corrected chi connectivity index (χ4v) is 1.34. The maximum absolute atomic E-state index is 10.9. The van der Waals surface area contributed by atoms with Gasteiger partial charge in [-0.15, -0.1) is 0 Å². The van der Waals surface area contributed by atoms with Crippen LogP contribution in [0.2, 0.25) is 0 Å². The minimum Gasteiger partial charge on any atom is -0.469 e. The zero-order chi connectivity index (χ0) is 8.97. The lowest BCUT2D eigenvalue weighted by molar-refractivity contribution is -0.142.